The fraction of sp³-hybridized carbons (Fsp3) is 0.429. The van der Waals surface area contributed by atoms with E-state index in [-0.39, 0.29) is 29.1 Å². The number of hydrogen-bond acceptors (Lipinski definition) is 4. The van der Waals surface area contributed by atoms with Crippen molar-refractivity contribution >= 4 is 16.8 Å². The first-order valence-corrected chi connectivity index (χ1v) is 12.4. The van der Waals surface area contributed by atoms with E-state index >= 15 is 0 Å². The van der Waals surface area contributed by atoms with Crippen LogP contribution in [0.1, 0.15) is 55.9 Å². The number of ether oxygens (including phenoxy) is 1. The molecule has 1 aromatic heterocycles. The summed E-state index contributed by atoms with van der Waals surface area (Å²) in [5.41, 5.74) is 0.881. The molecule has 3 heterocycles. The molecule has 2 aliphatic heterocycles. The monoisotopic (exact) mass is 459 g/mol. The van der Waals surface area contributed by atoms with Crippen molar-refractivity contribution in [3.63, 3.8) is 0 Å². The van der Waals surface area contributed by atoms with Crippen molar-refractivity contribution in [1.29, 1.82) is 0 Å². The second kappa shape index (κ2) is 9.63. The molecule has 178 valence electrons. The summed E-state index contributed by atoms with van der Waals surface area (Å²) in [5, 5.41) is 4.11. The molecule has 3 aromatic rings. The molecule has 2 bridgehead atoms. The first kappa shape index (κ1) is 22.7. The SMILES string of the molecule is CC(C)n1c(=O)c(C(=O)NC2C[C@H]3CC[C@@H](C2)N3CCOc2ccccc2)cc2ccccc21. The lowest BCUT2D eigenvalue weighted by Gasteiger charge is -2.39. The first-order valence-electron chi connectivity index (χ1n) is 12.4. The van der Waals surface area contributed by atoms with E-state index in [1.807, 2.05) is 68.4 Å². The molecule has 1 amide bonds. The van der Waals surface area contributed by atoms with E-state index in [2.05, 4.69) is 10.2 Å². The van der Waals surface area contributed by atoms with Crippen molar-refractivity contribution < 1.29 is 9.53 Å². The van der Waals surface area contributed by atoms with Crippen LogP contribution in [0.4, 0.5) is 0 Å². The molecule has 0 saturated carbocycles. The van der Waals surface area contributed by atoms with Gasteiger partial charge in [-0.25, -0.2) is 0 Å². The van der Waals surface area contributed by atoms with Gasteiger partial charge in [-0.05, 0) is 69.2 Å². The minimum atomic E-state index is -0.254. The van der Waals surface area contributed by atoms with Gasteiger partial charge in [0, 0.05) is 30.7 Å². The molecule has 0 spiro atoms. The zero-order valence-corrected chi connectivity index (χ0v) is 19.9. The third-order valence-corrected chi connectivity index (χ3v) is 7.29. The Hall–Kier alpha value is -3.12. The maximum Gasteiger partial charge on any atom is 0.264 e. The van der Waals surface area contributed by atoms with E-state index in [1.54, 1.807) is 10.6 Å². The third kappa shape index (κ3) is 4.47. The Kier molecular flexibility index (Phi) is 6.42. The van der Waals surface area contributed by atoms with Crippen molar-refractivity contribution in [3.8, 4) is 5.75 Å². The lowest BCUT2D eigenvalue weighted by Crippen LogP contribution is -2.51. The fourth-order valence-corrected chi connectivity index (χ4v) is 5.77. The molecule has 6 heteroatoms. The Morgan fingerprint density at radius 2 is 1.71 bits per heavy atom. The van der Waals surface area contributed by atoms with E-state index in [9.17, 15) is 9.59 Å². The molecule has 5 rings (SSSR count). The molecule has 2 aliphatic rings. The summed E-state index contributed by atoms with van der Waals surface area (Å²) in [6.45, 7) is 5.52. The molecular formula is C28H33N3O3. The smallest absolute Gasteiger partial charge is 0.264 e. The Morgan fingerprint density at radius 1 is 1.03 bits per heavy atom. The van der Waals surface area contributed by atoms with Gasteiger partial charge in [-0.15, -0.1) is 0 Å². The van der Waals surface area contributed by atoms with E-state index in [0.717, 1.165) is 48.9 Å². The number of carbonyl (C=O) groups is 1. The summed E-state index contributed by atoms with van der Waals surface area (Å²) >= 11 is 0. The number of fused-ring (bicyclic) bond motifs is 3. The average molecular weight is 460 g/mol. The van der Waals surface area contributed by atoms with Gasteiger partial charge in [0.25, 0.3) is 11.5 Å². The maximum absolute atomic E-state index is 13.2. The summed E-state index contributed by atoms with van der Waals surface area (Å²) < 4.78 is 7.64. The van der Waals surface area contributed by atoms with Gasteiger partial charge in [0.15, 0.2) is 0 Å². The van der Waals surface area contributed by atoms with Gasteiger partial charge in [-0.3, -0.25) is 14.5 Å². The number of pyridine rings is 1. The molecule has 0 radical (unpaired) electrons. The second-order valence-electron chi connectivity index (χ2n) is 9.81. The van der Waals surface area contributed by atoms with Crippen LogP contribution in [0.2, 0.25) is 0 Å². The standard InChI is InChI=1S/C28H33N3O3/c1-19(2)31-26-11-7-6-8-20(26)16-25(28(31)33)27(32)29-21-17-22-12-13-23(18-21)30(22)14-15-34-24-9-4-3-5-10-24/h3-11,16,19,21-23H,12-15,17-18H2,1-2H3,(H,29,32)/t21?,22-,23+. The van der Waals surface area contributed by atoms with Crippen molar-refractivity contribution in [2.45, 2.75) is 63.7 Å². The number of hydrogen-bond donors (Lipinski definition) is 1. The lowest BCUT2D eigenvalue weighted by molar-refractivity contribution is 0.0799. The Balaban J connectivity index is 1.25. The minimum Gasteiger partial charge on any atom is -0.492 e. The Bertz CT molecular complexity index is 1210. The van der Waals surface area contributed by atoms with Crippen LogP contribution in [-0.4, -0.2) is 46.7 Å². The number of para-hydroxylation sites is 2. The van der Waals surface area contributed by atoms with Crippen LogP contribution in [-0.2, 0) is 0 Å². The summed E-state index contributed by atoms with van der Waals surface area (Å²) in [5.74, 6) is 0.648. The number of nitrogens with zero attached hydrogens (tertiary/aromatic N) is 2. The lowest BCUT2D eigenvalue weighted by atomic mass is 9.97. The normalized spacial score (nSPS) is 22.3. The van der Waals surface area contributed by atoms with Gasteiger partial charge in [0.05, 0.1) is 5.52 Å². The molecule has 34 heavy (non-hydrogen) atoms. The summed E-state index contributed by atoms with van der Waals surface area (Å²) in [6.07, 6.45) is 4.13. The van der Waals surface area contributed by atoms with Crippen LogP contribution >= 0.6 is 0 Å². The van der Waals surface area contributed by atoms with Gasteiger partial charge >= 0.3 is 0 Å². The van der Waals surface area contributed by atoms with Crippen LogP contribution in [0.15, 0.2) is 65.5 Å². The van der Waals surface area contributed by atoms with Crippen molar-refractivity contribution in [3.05, 3.63) is 76.6 Å². The van der Waals surface area contributed by atoms with Crippen molar-refractivity contribution in [2.24, 2.45) is 0 Å². The molecule has 1 N–H and O–H groups in total. The van der Waals surface area contributed by atoms with Gasteiger partial charge < -0.3 is 14.6 Å². The number of piperidine rings is 1. The number of amides is 1. The number of benzene rings is 2. The highest BCUT2D eigenvalue weighted by molar-refractivity contribution is 5.97. The number of nitrogens with one attached hydrogen (secondary N) is 1. The Morgan fingerprint density at radius 3 is 2.41 bits per heavy atom. The average Bonchev–Trinajstić information content (AvgIpc) is 3.06. The van der Waals surface area contributed by atoms with E-state index in [0.29, 0.717) is 18.7 Å². The maximum atomic E-state index is 13.2. The van der Waals surface area contributed by atoms with E-state index in [1.165, 1.54) is 0 Å². The van der Waals surface area contributed by atoms with E-state index < -0.39 is 0 Å². The molecule has 1 unspecified atom stereocenters. The molecular weight excluding hydrogens is 426 g/mol. The van der Waals surface area contributed by atoms with Crippen LogP contribution in [0.5, 0.6) is 5.75 Å². The van der Waals surface area contributed by atoms with Gasteiger partial charge in [-0.2, -0.15) is 0 Å². The van der Waals surface area contributed by atoms with E-state index in [4.69, 9.17) is 4.74 Å². The largest absolute Gasteiger partial charge is 0.492 e. The zero-order chi connectivity index (χ0) is 23.7. The first-order chi connectivity index (χ1) is 16.5. The van der Waals surface area contributed by atoms with Crippen LogP contribution < -0.4 is 15.6 Å². The molecule has 3 atom stereocenters. The summed E-state index contributed by atoms with van der Waals surface area (Å²) in [6, 6.07) is 20.4. The highest BCUT2D eigenvalue weighted by atomic mass is 16.5. The van der Waals surface area contributed by atoms with Crippen LogP contribution in [0.3, 0.4) is 0 Å². The highest BCUT2D eigenvalue weighted by Crippen LogP contribution is 2.35. The predicted octanol–water partition coefficient (Wildman–Crippen LogP) is 4.39. The molecule has 2 fully saturated rings. The second-order valence-corrected chi connectivity index (χ2v) is 9.81. The third-order valence-electron chi connectivity index (χ3n) is 7.29. The van der Waals surface area contributed by atoms with Crippen LogP contribution in [0, 0.1) is 0 Å². The van der Waals surface area contributed by atoms with Crippen LogP contribution in [0.25, 0.3) is 10.9 Å². The van der Waals surface area contributed by atoms with Gasteiger partial charge in [-0.1, -0.05) is 36.4 Å². The predicted molar refractivity (Wildman–Crippen MR) is 135 cm³/mol. The molecule has 2 saturated heterocycles. The number of aromatic nitrogens is 1. The number of rotatable bonds is 7. The topological polar surface area (TPSA) is 63.6 Å². The highest BCUT2D eigenvalue weighted by Gasteiger charge is 2.41. The Labute approximate surface area is 200 Å². The summed E-state index contributed by atoms with van der Waals surface area (Å²) in [7, 11) is 0. The molecule has 0 aliphatic carbocycles. The zero-order valence-electron chi connectivity index (χ0n) is 19.9. The molecule has 6 nitrogen and oxygen atoms in total. The molecule has 2 aromatic carbocycles. The van der Waals surface area contributed by atoms with Crippen molar-refractivity contribution in [1.82, 2.24) is 14.8 Å². The fourth-order valence-electron chi connectivity index (χ4n) is 5.77. The number of carbonyl (C=O) groups excluding carboxylic acids is 1. The minimum absolute atomic E-state index is 0.0256. The van der Waals surface area contributed by atoms with Crippen molar-refractivity contribution in [2.75, 3.05) is 13.2 Å². The summed E-state index contributed by atoms with van der Waals surface area (Å²) in [4.78, 5) is 29.0. The van der Waals surface area contributed by atoms with Gasteiger partial charge in [0.2, 0.25) is 0 Å². The van der Waals surface area contributed by atoms with Gasteiger partial charge in [0.1, 0.15) is 17.9 Å². The quantitative estimate of drug-likeness (QED) is 0.569.